The molecule has 0 unspecified atom stereocenters. The maximum atomic E-state index is 4.07. The number of rotatable bonds is 4. The molecule has 1 radical (unpaired) electrons. The fourth-order valence-corrected chi connectivity index (χ4v) is 1.53. The molecule has 1 aliphatic rings. The molecule has 1 saturated carbocycles. The Bertz CT molecular complexity index is 248. The van der Waals surface area contributed by atoms with Crippen LogP contribution in [0.3, 0.4) is 0 Å². The van der Waals surface area contributed by atoms with E-state index in [9.17, 15) is 0 Å². The molecule has 0 aromatic carbocycles. The Morgan fingerprint density at radius 1 is 1.67 bits per heavy atom. The highest BCUT2D eigenvalue weighted by Crippen LogP contribution is 2.33. The van der Waals surface area contributed by atoms with E-state index in [0.29, 0.717) is 0 Å². The van der Waals surface area contributed by atoms with Crippen molar-refractivity contribution in [2.24, 2.45) is 5.92 Å². The second-order valence-corrected chi connectivity index (χ2v) is 3.70. The van der Waals surface area contributed by atoms with Crippen LogP contribution in [-0.2, 0) is 6.54 Å². The first-order valence-corrected chi connectivity index (χ1v) is 4.76. The van der Waals surface area contributed by atoms with Gasteiger partial charge in [0.2, 0.25) is 0 Å². The highest BCUT2D eigenvalue weighted by molar-refractivity contribution is 4.86. The molecular formula is C10H15N2. The first-order valence-electron chi connectivity index (χ1n) is 4.76. The van der Waals surface area contributed by atoms with Crippen molar-refractivity contribution in [3.05, 3.63) is 18.2 Å². The fourth-order valence-electron chi connectivity index (χ4n) is 1.53. The zero-order valence-corrected chi connectivity index (χ0v) is 7.58. The van der Waals surface area contributed by atoms with Crippen molar-refractivity contribution in [2.75, 3.05) is 0 Å². The Kier molecular flexibility index (Phi) is 2.15. The number of hydrogen-bond acceptors (Lipinski definition) is 1. The second-order valence-electron chi connectivity index (χ2n) is 3.70. The lowest BCUT2D eigenvalue weighted by Crippen LogP contribution is -1.99. The summed E-state index contributed by atoms with van der Waals surface area (Å²) in [4.78, 5) is 4.07. The van der Waals surface area contributed by atoms with Crippen molar-refractivity contribution in [1.82, 2.24) is 9.55 Å². The maximum absolute atomic E-state index is 4.07. The Balaban J connectivity index is 1.75. The van der Waals surface area contributed by atoms with Gasteiger partial charge in [-0.15, -0.1) is 0 Å². The summed E-state index contributed by atoms with van der Waals surface area (Å²) in [7, 11) is 0. The van der Waals surface area contributed by atoms with Crippen LogP contribution >= 0.6 is 0 Å². The summed E-state index contributed by atoms with van der Waals surface area (Å²) in [6, 6.07) is 0. The Morgan fingerprint density at radius 3 is 3.08 bits per heavy atom. The van der Waals surface area contributed by atoms with Crippen molar-refractivity contribution in [2.45, 2.75) is 39.2 Å². The first kappa shape index (κ1) is 7.84. The minimum absolute atomic E-state index is 1.05. The van der Waals surface area contributed by atoms with E-state index in [1.807, 2.05) is 13.1 Å². The average Bonchev–Trinajstić information content (AvgIpc) is 2.78. The number of nitrogens with zero attached hydrogens (tertiary/aromatic N) is 2. The van der Waals surface area contributed by atoms with E-state index in [1.165, 1.54) is 25.7 Å². The third-order valence-corrected chi connectivity index (χ3v) is 2.56. The van der Waals surface area contributed by atoms with Gasteiger partial charge in [0.05, 0.1) is 0 Å². The van der Waals surface area contributed by atoms with Crippen LogP contribution in [-0.4, -0.2) is 9.55 Å². The van der Waals surface area contributed by atoms with Crippen molar-refractivity contribution in [3.8, 4) is 0 Å². The third-order valence-electron chi connectivity index (χ3n) is 2.56. The highest BCUT2D eigenvalue weighted by atomic mass is 15.0. The van der Waals surface area contributed by atoms with E-state index >= 15 is 0 Å². The molecule has 65 valence electrons. The SMILES string of the molecule is Cc1n[c]cn1CCCC1CC1. The van der Waals surface area contributed by atoms with Crippen LogP contribution in [0.25, 0.3) is 0 Å². The Morgan fingerprint density at radius 2 is 2.50 bits per heavy atom. The molecule has 1 aliphatic carbocycles. The third kappa shape index (κ3) is 1.87. The molecule has 0 bridgehead atoms. The molecule has 2 nitrogen and oxygen atoms in total. The molecule has 0 N–H and O–H groups in total. The molecule has 2 rings (SSSR count). The van der Waals surface area contributed by atoms with E-state index in [1.54, 1.807) is 0 Å². The van der Waals surface area contributed by atoms with Gasteiger partial charge < -0.3 is 4.57 Å². The average molecular weight is 163 g/mol. The lowest BCUT2D eigenvalue weighted by molar-refractivity contribution is 0.568. The van der Waals surface area contributed by atoms with Gasteiger partial charge in [-0.05, 0) is 25.7 Å². The maximum Gasteiger partial charge on any atom is 0.109 e. The molecule has 0 amide bonds. The molecule has 1 aromatic rings. The van der Waals surface area contributed by atoms with Crippen LogP contribution in [0, 0.1) is 19.0 Å². The molecular weight excluding hydrogens is 148 g/mol. The zero-order chi connectivity index (χ0) is 8.39. The summed E-state index contributed by atoms with van der Waals surface area (Å²) in [5.41, 5.74) is 0. The number of imidazole rings is 1. The molecule has 0 aliphatic heterocycles. The van der Waals surface area contributed by atoms with Crippen molar-refractivity contribution >= 4 is 0 Å². The van der Waals surface area contributed by atoms with E-state index in [4.69, 9.17) is 0 Å². The van der Waals surface area contributed by atoms with Crippen LogP contribution in [0.2, 0.25) is 0 Å². The van der Waals surface area contributed by atoms with E-state index in [2.05, 4.69) is 15.7 Å². The summed E-state index contributed by atoms with van der Waals surface area (Å²) in [6.07, 6.45) is 10.4. The zero-order valence-electron chi connectivity index (χ0n) is 7.58. The normalized spacial score (nSPS) is 16.8. The second kappa shape index (κ2) is 3.30. The summed E-state index contributed by atoms with van der Waals surface area (Å²) < 4.78 is 2.18. The van der Waals surface area contributed by atoms with Crippen LogP contribution in [0.4, 0.5) is 0 Å². The number of hydrogen-bond donors (Lipinski definition) is 0. The van der Waals surface area contributed by atoms with Crippen LogP contribution in [0.1, 0.15) is 31.5 Å². The standard InChI is InChI=1S/C10H15N2/c1-9-11-6-8-12(9)7-2-3-10-4-5-10/h8,10H,2-5,7H2,1H3. The predicted octanol–water partition coefficient (Wildman–Crippen LogP) is 2.18. The van der Waals surface area contributed by atoms with Crippen molar-refractivity contribution in [3.63, 3.8) is 0 Å². The summed E-state index contributed by atoms with van der Waals surface area (Å²) >= 11 is 0. The lowest BCUT2D eigenvalue weighted by Gasteiger charge is -2.03. The van der Waals surface area contributed by atoms with E-state index in [-0.39, 0.29) is 0 Å². The molecule has 1 aromatic heterocycles. The smallest absolute Gasteiger partial charge is 0.109 e. The van der Waals surface area contributed by atoms with Gasteiger partial charge >= 0.3 is 0 Å². The van der Waals surface area contributed by atoms with Crippen molar-refractivity contribution in [1.29, 1.82) is 0 Å². The van der Waals surface area contributed by atoms with Gasteiger partial charge in [0.25, 0.3) is 0 Å². The quantitative estimate of drug-likeness (QED) is 0.665. The van der Waals surface area contributed by atoms with Gasteiger partial charge in [-0.2, -0.15) is 0 Å². The minimum atomic E-state index is 1.05. The first-order chi connectivity index (χ1) is 5.86. The monoisotopic (exact) mass is 163 g/mol. The largest absolute Gasteiger partial charge is 0.334 e. The van der Waals surface area contributed by atoms with Crippen LogP contribution in [0.15, 0.2) is 6.20 Å². The Labute approximate surface area is 73.6 Å². The molecule has 2 heteroatoms. The van der Waals surface area contributed by atoms with Crippen LogP contribution in [0.5, 0.6) is 0 Å². The van der Waals surface area contributed by atoms with E-state index < -0.39 is 0 Å². The van der Waals surface area contributed by atoms with Gasteiger partial charge in [-0.25, -0.2) is 4.98 Å². The van der Waals surface area contributed by atoms with Gasteiger partial charge in [0.1, 0.15) is 12.0 Å². The Hall–Kier alpha value is -0.790. The fraction of sp³-hybridized carbons (Fsp3) is 0.700. The molecule has 0 spiro atoms. The van der Waals surface area contributed by atoms with Gasteiger partial charge in [0.15, 0.2) is 0 Å². The van der Waals surface area contributed by atoms with Gasteiger partial charge in [-0.3, -0.25) is 0 Å². The molecule has 1 fully saturated rings. The summed E-state index contributed by atoms with van der Waals surface area (Å²) in [5, 5.41) is 0. The predicted molar refractivity (Wildman–Crippen MR) is 47.8 cm³/mol. The summed E-state index contributed by atoms with van der Waals surface area (Å²) in [6.45, 7) is 3.16. The van der Waals surface area contributed by atoms with Crippen molar-refractivity contribution < 1.29 is 0 Å². The molecule has 0 atom stereocenters. The lowest BCUT2D eigenvalue weighted by atomic mass is 10.2. The molecule has 0 saturated heterocycles. The topological polar surface area (TPSA) is 17.8 Å². The molecule has 1 heterocycles. The minimum Gasteiger partial charge on any atom is -0.334 e. The molecule has 12 heavy (non-hydrogen) atoms. The summed E-state index contributed by atoms with van der Waals surface area (Å²) in [5.74, 6) is 2.14. The number of aryl methyl sites for hydroxylation is 2. The van der Waals surface area contributed by atoms with E-state index in [0.717, 1.165) is 18.3 Å². The highest BCUT2D eigenvalue weighted by Gasteiger charge is 2.20. The number of aromatic nitrogens is 2. The van der Waals surface area contributed by atoms with Gasteiger partial charge in [-0.1, -0.05) is 12.8 Å². The van der Waals surface area contributed by atoms with Crippen LogP contribution < -0.4 is 0 Å². The van der Waals surface area contributed by atoms with Gasteiger partial charge in [0, 0.05) is 12.7 Å².